The normalized spacial score (nSPS) is 28.7. The average Bonchev–Trinajstić information content (AvgIpc) is 3.25. The highest BCUT2D eigenvalue weighted by Crippen LogP contribution is 2.65. The molecule has 4 N–H and O–H groups in total. The van der Waals surface area contributed by atoms with Crippen molar-refractivity contribution >= 4 is 25.1 Å². The van der Waals surface area contributed by atoms with Crippen LogP contribution in [0.25, 0.3) is 0 Å². The third-order valence-electron chi connectivity index (χ3n) is 8.95. The number of nitrogens with one attached hydrogen (secondary N) is 2. The molecule has 9 heteroatoms. The van der Waals surface area contributed by atoms with Gasteiger partial charge in [-0.3, -0.25) is 14.6 Å². The van der Waals surface area contributed by atoms with E-state index in [0.29, 0.717) is 30.6 Å². The van der Waals surface area contributed by atoms with Crippen molar-refractivity contribution in [3.63, 3.8) is 0 Å². The summed E-state index contributed by atoms with van der Waals surface area (Å²) < 4.78 is 13.2. The summed E-state index contributed by atoms with van der Waals surface area (Å²) in [5, 5.41) is 6.03. The lowest BCUT2D eigenvalue weighted by Crippen LogP contribution is -2.65. The molecule has 8 nitrogen and oxygen atoms in total. The Morgan fingerprint density at radius 1 is 1.21 bits per heavy atom. The van der Waals surface area contributed by atoms with Crippen LogP contribution in [0.3, 0.4) is 0 Å². The third-order valence-corrected chi connectivity index (χ3v) is 8.95. The van der Waals surface area contributed by atoms with Gasteiger partial charge in [-0.15, -0.1) is 0 Å². The van der Waals surface area contributed by atoms with Crippen LogP contribution in [-0.4, -0.2) is 48.8 Å². The molecule has 1 aromatic carbocycles. The SMILES string of the molecule is C=C(C=N/C=C\N)C(=O)N[C@@H](Cc1ccccc1)C(=O)N[C@@H](CC(C)C)B1O[C@@H]2C[C@@H]3C[C@@H](C3(C)C)[C@]2(C)O1. The molecule has 3 saturated carbocycles. The van der Waals surface area contributed by atoms with E-state index in [9.17, 15) is 9.59 Å². The lowest BCUT2D eigenvalue weighted by atomic mass is 9.43. The molecule has 2 amide bonds. The number of hydrogen-bond donors (Lipinski definition) is 3. The molecule has 0 spiro atoms. The lowest BCUT2D eigenvalue weighted by molar-refractivity contribution is -0.199. The van der Waals surface area contributed by atoms with Crippen LogP contribution in [-0.2, 0) is 25.3 Å². The van der Waals surface area contributed by atoms with Crippen LogP contribution in [0.2, 0.25) is 0 Å². The van der Waals surface area contributed by atoms with Crippen LogP contribution >= 0.6 is 0 Å². The zero-order chi connectivity index (χ0) is 28.4. The van der Waals surface area contributed by atoms with Gasteiger partial charge < -0.3 is 25.7 Å². The monoisotopic (exact) mass is 534 g/mol. The van der Waals surface area contributed by atoms with Gasteiger partial charge in [-0.25, -0.2) is 0 Å². The molecule has 0 unspecified atom stereocenters. The summed E-state index contributed by atoms with van der Waals surface area (Å²) in [6.45, 7) is 14.9. The summed E-state index contributed by atoms with van der Waals surface area (Å²) >= 11 is 0. The predicted octanol–water partition coefficient (Wildman–Crippen LogP) is 3.57. The van der Waals surface area contributed by atoms with Gasteiger partial charge in [-0.2, -0.15) is 0 Å². The third kappa shape index (κ3) is 6.14. The van der Waals surface area contributed by atoms with Crippen LogP contribution in [0.4, 0.5) is 0 Å². The molecule has 3 aliphatic carbocycles. The molecule has 39 heavy (non-hydrogen) atoms. The van der Waals surface area contributed by atoms with Crippen molar-refractivity contribution in [1.82, 2.24) is 10.6 Å². The first-order chi connectivity index (χ1) is 18.5. The fourth-order valence-corrected chi connectivity index (χ4v) is 6.65. The van der Waals surface area contributed by atoms with Gasteiger partial charge in [0, 0.05) is 25.0 Å². The Bertz CT molecular complexity index is 1120. The molecule has 1 aliphatic heterocycles. The van der Waals surface area contributed by atoms with Crippen LogP contribution in [0, 0.1) is 23.2 Å². The van der Waals surface area contributed by atoms with Crippen molar-refractivity contribution in [2.24, 2.45) is 33.9 Å². The maximum absolute atomic E-state index is 13.8. The average molecular weight is 535 g/mol. The quantitative estimate of drug-likeness (QED) is 0.228. The predicted molar refractivity (Wildman–Crippen MR) is 155 cm³/mol. The first-order valence-corrected chi connectivity index (χ1v) is 14.0. The molecule has 0 radical (unpaired) electrons. The largest absolute Gasteiger partial charge is 0.481 e. The summed E-state index contributed by atoms with van der Waals surface area (Å²) in [5.74, 6) is 0.257. The summed E-state index contributed by atoms with van der Waals surface area (Å²) in [5.41, 5.74) is 6.22. The second-order valence-corrected chi connectivity index (χ2v) is 12.4. The minimum absolute atomic E-state index is 0.0239. The van der Waals surface area contributed by atoms with E-state index < -0.39 is 19.1 Å². The van der Waals surface area contributed by atoms with Crippen molar-refractivity contribution in [1.29, 1.82) is 0 Å². The van der Waals surface area contributed by atoms with Gasteiger partial charge in [0.15, 0.2) is 0 Å². The van der Waals surface area contributed by atoms with Crippen molar-refractivity contribution < 1.29 is 18.9 Å². The summed E-state index contributed by atoms with van der Waals surface area (Å²) in [6, 6.07) is 8.78. The Morgan fingerprint density at radius 2 is 1.92 bits per heavy atom. The van der Waals surface area contributed by atoms with Crippen LogP contribution < -0.4 is 16.4 Å². The van der Waals surface area contributed by atoms with Gasteiger partial charge in [0.25, 0.3) is 5.91 Å². The highest BCUT2D eigenvalue weighted by atomic mass is 16.7. The number of amides is 2. The zero-order valence-electron chi connectivity index (χ0n) is 23.9. The van der Waals surface area contributed by atoms with Gasteiger partial charge in [-0.05, 0) is 54.9 Å². The molecule has 1 saturated heterocycles. The van der Waals surface area contributed by atoms with E-state index in [0.717, 1.165) is 18.4 Å². The number of carbonyl (C=O) groups is 2. The highest BCUT2D eigenvalue weighted by Gasteiger charge is 2.68. The molecule has 6 atom stereocenters. The van der Waals surface area contributed by atoms with E-state index in [-0.39, 0.29) is 34.5 Å². The Morgan fingerprint density at radius 3 is 2.56 bits per heavy atom. The maximum atomic E-state index is 13.8. The fourth-order valence-electron chi connectivity index (χ4n) is 6.65. The summed E-state index contributed by atoms with van der Waals surface area (Å²) in [4.78, 5) is 30.6. The van der Waals surface area contributed by atoms with E-state index in [4.69, 9.17) is 15.0 Å². The summed E-state index contributed by atoms with van der Waals surface area (Å²) in [6.07, 6.45) is 7.11. The van der Waals surface area contributed by atoms with Crippen molar-refractivity contribution in [3.05, 3.63) is 60.4 Å². The Balaban J connectivity index is 1.51. The van der Waals surface area contributed by atoms with E-state index >= 15 is 0 Å². The molecule has 0 aromatic heterocycles. The lowest BCUT2D eigenvalue weighted by Gasteiger charge is -2.64. The van der Waals surface area contributed by atoms with Crippen LogP contribution in [0.5, 0.6) is 0 Å². The fraction of sp³-hybridized carbons (Fsp3) is 0.567. The topological polar surface area (TPSA) is 115 Å². The van der Waals surface area contributed by atoms with E-state index in [2.05, 4.69) is 56.8 Å². The number of benzene rings is 1. The molecular formula is C30H43BN4O4. The number of hydrogen-bond acceptors (Lipinski definition) is 6. The Labute approximate surface area is 233 Å². The van der Waals surface area contributed by atoms with Gasteiger partial charge in [-0.1, -0.05) is 64.6 Å². The molecule has 1 heterocycles. The van der Waals surface area contributed by atoms with Gasteiger partial charge in [0.1, 0.15) is 6.04 Å². The van der Waals surface area contributed by atoms with E-state index in [1.54, 1.807) is 0 Å². The number of nitrogens with zero attached hydrogens (tertiary/aromatic N) is 1. The minimum Gasteiger partial charge on any atom is -0.404 e. The first-order valence-electron chi connectivity index (χ1n) is 14.0. The maximum Gasteiger partial charge on any atom is 0.481 e. The van der Waals surface area contributed by atoms with Crippen LogP contribution in [0.15, 0.2) is 59.9 Å². The van der Waals surface area contributed by atoms with E-state index in [1.165, 1.54) is 18.6 Å². The van der Waals surface area contributed by atoms with Gasteiger partial charge in [0.2, 0.25) is 5.91 Å². The number of carbonyl (C=O) groups excluding carboxylic acids is 2. The standard InChI is InChI=1S/C30H43BN4O4/c1-19(2)14-26(31-38-25-17-22-16-24(29(22,4)5)30(25,6)39-31)35-28(37)23(15-21-10-8-7-9-11-21)34-27(36)20(3)18-33-13-12-32/h7-13,18-19,22-26H,3,14-17,32H2,1-2,4-6H3,(H,34,36)(H,35,37)/b13-12-,33-18?/t22-,23-,24-,25+,26-,30-/m0/s1. The molecular weight excluding hydrogens is 491 g/mol. The number of nitrogens with two attached hydrogens (primary N) is 1. The van der Waals surface area contributed by atoms with Crippen molar-refractivity contribution in [2.45, 2.75) is 84.0 Å². The highest BCUT2D eigenvalue weighted by molar-refractivity contribution is 6.48. The molecule has 4 fully saturated rings. The first kappa shape index (κ1) is 29.1. The summed E-state index contributed by atoms with van der Waals surface area (Å²) in [7, 11) is -0.542. The molecule has 2 bridgehead atoms. The Hall–Kier alpha value is -2.91. The minimum atomic E-state index is -0.823. The zero-order valence-corrected chi connectivity index (χ0v) is 23.9. The second-order valence-electron chi connectivity index (χ2n) is 12.4. The smallest absolute Gasteiger partial charge is 0.404 e. The molecule has 1 aromatic rings. The number of rotatable bonds is 11. The number of aliphatic imine (C=N–C) groups is 1. The second kappa shape index (κ2) is 11.7. The van der Waals surface area contributed by atoms with E-state index in [1.807, 2.05) is 30.3 Å². The van der Waals surface area contributed by atoms with Gasteiger partial charge >= 0.3 is 7.12 Å². The van der Waals surface area contributed by atoms with Gasteiger partial charge in [0.05, 0.1) is 23.2 Å². The van der Waals surface area contributed by atoms with Crippen molar-refractivity contribution in [2.75, 3.05) is 0 Å². The molecule has 210 valence electrons. The van der Waals surface area contributed by atoms with Crippen molar-refractivity contribution in [3.8, 4) is 0 Å². The van der Waals surface area contributed by atoms with Crippen LogP contribution in [0.1, 0.15) is 59.4 Å². The Kier molecular flexibility index (Phi) is 8.71. The molecule has 4 aliphatic rings. The molecule has 5 rings (SSSR count).